The number of ether oxygens (including phenoxy) is 1. The monoisotopic (exact) mass is 501 g/mol. The van der Waals surface area contributed by atoms with Crippen LogP contribution in [0.4, 0.5) is 14.5 Å². The fraction of sp³-hybridized carbons (Fsp3) is 0.519. The Kier molecular flexibility index (Phi) is 7.31. The maximum absolute atomic E-state index is 13.8. The van der Waals surface area contributed by atoms with Crippen molar-refractivity contribution in [2.75, 3.05) is 25.0 Å². The van der Waals surface area contributed by atoms with E-state index in [1.54, 1.807) is 13.0 Å². The fourth-order valence-electron chi connectivity index (χ4n) is 5.34. The molecule has 2 aromatic rings. The number of hydrogen-bond acceptors (Lipinski definition) is 5. The maximum Gasteiger partial charge on any atom is 0.388 e. The summed E-state index contributed by atoms with van der Waals surface area (Å²) in [5.41, 5.74) is 0.933. The van der Waals surface area contributed by atoms with Gasteiger partial charge in [0, 0.05) is 18.8 Å². The summed E-state index contributed by atoms with van der Waals surface area (Å²) in [6, 6.07) is 10.9. The topological polar surface area (TPSA) is 91.8 Å². The molecule has 0 spiro atoms. The van der Waals surface area contributed by atoms with Crippen LogP contribution in [0.1, 0.15) is 62.3 Å². The predicted octanol–water partition coefficient (Wildman–Crippen LogP) is 4.95. The van der Waals surface area contributed by atoms with E-state index >= 15 is 0 Å². The summed E-state index contributed by atoms with van der Waals surface area (Å²) in [6.45, 7) is 4.10. The van der Waals surface area contributed by atoms with Gasteiger partial charge < -0.3 is 20.1 Å². The van der Waals surface area contributed by atoms with E-state index in [4.69, 9.17) is 0 Å². The van der Waals surface area contributed by atoms with Gasteiger partial charge in [0.2, 0.25) is 11.8 Å². The summed E-state index contributed by atoms with van der Waals surface area (Å²) in [5, 5.41) is 12.5. The number of carbonyl (C=O) groups excluding carboxylic acids is 1. The number of pyridine rings is 1. The van der Waals surface area contributed by atoms with Crippen molar-refractivity contribution < 1.29 is 28.2 Å². The highest BCUT2D eigenvalue weighted by Gasteiger charge is 2.53. The highest BCUT2D eigenvalue weighted by molar-refractivity contribution is 6.01. The number of anilines is 1. The smallest absolute Gasteiger partial charge is 0.388 e. The van der Waals surface area contributed by atoms with Gasteiger partial charge in [0.15, 0.2) is 0 Å². The number of alkyl halides is 2. The van der Waals surface area contributed by atoms with Crippen molar-refractivity contribution in [2.24, 2.45) is 5.41 Å². The lowest BCUT2D eigenvalue weighted by Gasteiger charge is -2.51. The van der Waals surface area contributed by atoms with Crippen molar-refractivity contribution in [3.05, 3.63) is 53.2 Å². The van der Waals surface area contributed by atoms with E-state index in [0.29, 0.717) is 44.6 Å². The molecule has 0 bridgehead atoms. The molecule has 1 aliphatic carbocycles. The second-order valence-corrected chi connectivity index (χ2v) is 10.4. The van der Waals surface area contributed by atoms with Gasteiger partial charge in [0.25, 0.3) is 0 Å². The van der Waals surface area contributed by atoms with Gasteiger partial charge in [0.1, 0.15) is 5.69 Å². The Hall–Kier alpha value is -3.07. The highest BCUT2D eigenvalue weighted by Crippen LogP contribution is 2.46. The fourth-order valence-corrected chi connectivity index (χ4v) is 5.34. The van der Waals surface area contributed by atoms with Gasteiger partial charge in [-0.25, -0.2) is 4.98 Å². The summed E-state index contributed by atoms with van der Waals surface area (Å²) in [5.74, 6) is -1.23. The lowest BCUT2D eigenvalue weighted by molar-refractivity contribution is -0.156. The third kappa shape index (κ3) is 4.93. The van der Waals surface area contributed by atoms with E-state index in [0.717, 1.165) is 17.5 Å². The number of carboxylic acids is 1. The van der Waals surface area contributed by atoms with Crippen LogP contribution in [0.3, 0.4) is 0 Å². The Morgan fingerprint density at radius 1 is 1.17 bits per heavy atom. The molecule has 0 atom stereocenters. The minimum Gasteiger partial charge on any atom is -0.481 e. The first kappa shape index (κ1) is 26.0. The minimum atomic E-state index is -3.07. The number of amides is 1. The van der Waals surface area contributed by atoms with Crippen LogP contribution < -0.4 is 10.1 Å². The highest BCUT2D eigenvalue weighted by atomic mass is 19.3. The molecular weight excluding hydrogens is 468 g/mol. The number of nitrogens with one attached hydrogen (secondary N) is 1. The Morgan fingerprint density at radius 2 is 1.86 bits per heavy atom. The van der Waals surface area contributed by atoms with E-state index in [1.807, 2.05) is 24.3 Å². The van der Waals surface area contributed by atoms with E-state index in [-0.39, 0.29) is 23.4 Å². The molecule has 1 amide bonds. The number of aliphatic carboxylic acids is 1. The Morgan fingerprint density at radius 3 is 2.44 bits per heavy atom. The molecule has 0 radical (unpaired) electrons. The molecule has 4 rings (SSSR count). The number of nitrogens with zero attached hydrogens (tertiary/aromatic N) is 2. The number of aromatic nitrogens is 1. The van der Waals surface area contributed by atoms with Gasteiger partial charge in [0.05, 0.1) is 10.8 Å². The molecule has 36 heavy (non-hydrogen) atoms. The third-order valence-electron chi connectivity index (χ3n) is 7.64. The summed E-state index contributed by atoms with van der Waals surface area (Å²) in [4.78, 5) is 31.7. The average Bonchev–Trinajstić information content (AvgIpc) is 2.75. The summed E-state index contributed by atoms with van der Waals surface area (Å²) in [7, 11) is 0. The number of aryl methyl sites for hydroxylation is 1. The van der Waals surface area contributed by atoms with Gasteiger partial charge in [-0.15, -0.1) is 0 Å². The number of benzene rings is 1. The van der Waals surface area contributed by atoms with Crippen LogP contribution >= 0.6 is 0 Å². The number of carbonyl (C=O) groups is 2. The van der Waals surface area contributed by atoms with Crippen molar-refractivity contribution in [2.45, 2.75) is 64.4 Å². The molecule has 1 aromatic carbocycles. The van der Waals surface area contributed by atoms with Crippen molar-refractivity contribution in [3.8, 4) is 5.88 Å². The first-order valence-corrected chi connectivity index (χ1v) is 12.4. The molecule has 0 unspecified atom stereocenters. The molecule has 7 nitrogen and oxygen atoms in total. The van der Waals surface area contributed by atoms with Crippen LogP contribution in [0.15, 0.2) is 36.4 Å². The summed E-state index contributed by atoms with van der Waals surface area (Å²) >= 11 is 0. The van der Waals surface area contributed by atoms with Gasteiger partial charge in [-0.3, -0.25) is 9.59 Å². The lowest BCUT2D eigenvalue weighted by atomic mass is 9.65. The quantitative estimate of drug-likeness (QED) is 0.479. The maximum atomic E-state index is 13.8. The summed E-state index contributed by atoms with van der Waals surface area (Å²) in [6.07, 6.45) is 2.84. The van der Waals surface area contributed by atoms with Gasteiger partial charge in [-0.1, -0.05) is 44.5 Å². The first-order valence-electron chi connectivity index (χ1n) is 12.4. The molecule has 194 valence electrons. The zero-order chi connectivity index (χ0) is 26.1. The molecule has 2 N–H and O–H groups in total. The predicted molar refractivity (Wildman–Crippen MR) is 131 cm³/mol. The van der Waals surface area contributed by atoms with E-state index in [1.165, 1.54) is 6.07 Å². The molecule has 1 aliphatic heterocycles. The standard InChI is InChI=1S/C27H33F2N3O4/c1-17(2)19-7-4-5-8-20(19)27(15-32(16-27)14-13-26(24(34)35)11-6-12-26)23(33)31-21-10-9-18(3)30-22(21)36-25(28)29/h4-5,7-10,17,25H,6,11-16H2,1-3H3,(H,31,33)(H,34,35). The summed E-state index contributed by atoms with van der Waals surface area (Å²) < 4.78 is 30.5. The molecule has 1 aromatic heterocycles. The van der Waals surface area contributed by atoms with Crippen LogP contribution in [-0.4, -0.2) is 53.1 Å². The molecule has 1 saturated heterocycles. The van der Waals surface area contributed by atoms with Gasteiger partial charge in [-0.05, 0) is 61.9 Å². The molecule has 2 aliphatic rings. The zero-order valence-corrected chi connectivity index (χ0v) is 20.9. The van der Waals surface area contributed by atoms with E-state index in [9.17, 15) is 23.5 Å². The van der Waals surface area contributed by atoms with Gasteiger partial charge in [-0.2, -0.15) is 8.78 Å². The first-order chi connectivity index (χ1) is 17.1. The zero-order valence-electron chi connectivity index (χ0n) is 20.9. The van der Waals surface area contributed by atoms with E-state index < -0.39 is 23.4 Å². The second-order valence-electron chi connectivity index (χ2n) is 10.4. The second kappa shape index (κ2) is 10.1. The molecule has 9 heteroatoms. The third-order valence-corrected chi connectivity index (χ3v) is 7.64. The number of halogens is 2. The van der Waals surface area contributed by atoms with Crippen LogP contribution in [0.25, 0.3) is 0 Å². The van der Waals surface area contributed by atoms with Crippen LogP contribution in [0.2, 0.25) is 0 Å². The van der Waals surface area contributed by atoms with Crippen molar-refractivity contribution in [1.29, 1.82) is 0 Å². The largest absolute Gasteiger partial charge is 0.481 e. The number of hydrogen-bond donors (Lipinski definition) is 2. The minimum absolute atomic E-state index is 0.0880. The van der Waals surface area contributed by atoms with Crippen molar-refractivity contribution in [3.63, 3.8) is 0 Å². The number of rotatable bonds is 10. The Balaban J connectivity index is 1.60. The van der Waals surface area contributed by atoms with Crippen LogP contribution in [-0.2, 0) is 15.0 Å². The molecule has 1 saturated carbocycles. The average molecular weight is 502 g/mol. The number of likely N-dealkylation sites (tertiary alicyclic amines) is 1. The van der Waals surface area contributed by atoms with E-state index in [2.05, 4.69) is 33.8 Å². The normalized spacial score (nSPS) is 18.4. The SMILES string of the molecule is Cc1ccc(NC(=O)C2(c3ccccc3C(C)C)CN(CCC3(C(=O)O)CCC3)C2)c(OC(F)F)n1. The Labute approximate surface area is 209 Å². The Bertz CT molecular complexity index is 1130. The van der Waals surface area contributed by atoms with Crippen LogP contribution in [0, 0.1) is 12.3 Å². The lowest BCUT2D eigenvalue weighted by Crippen LogP contribution is -2.65. The van der Waals surface area contributed by atoms with Crippen molar-refractivity contribution >= 4 is 17.6 Å². The molecular formula is C27H33F2N3O4. The number of carboxylic acid groups (broad SMARTS) is 1. The molecule has 2 heterocycles. The van der Waals surface area contributed by atoms with Crippen molar-refractivity contribution in [1.82, 2.24) is 9.88 Å². The van der Waals surface area contributed by atoms with Gasteiger partial charge >= 0.3 is 12.6 Å². The van der Waals surface area contributed by atoms with Crippen LogP contribution in [0.5, 0.6) is 5.88 Å². The molecule has 2 fully saturated rings.